The van der Waals surface area contributed by atoms with Crippen LogP contribution in [0.2, 0.25) is 5.02 Å². The fourth-order valence-electron chi connectivity index (χ4n) is 3.40. The monoisotopic (exact) mass is 413 g/mol. The van der Waals surface area contributed by atoms with Gasteiger partial charge in [0.1, 0.15) is 11.6 Å². The molecule has 0 atom stereocenters. The number of phenolic OH excluding ortho intramolecular Hbond substituents is 1. The molecule has 2 aromatic carbocycles. The standard InChI is InChI=1S/C23H28ClN3O2/c1-4-11-27-21-14-18(24)8-9-20(21)25-22(27)15-26(12-10-16(2)3)23(29)17-6-5-7-19(28)13-17/h5-9,13-14,16,28H,4,10-12,15H2,1-3H3. The van der Waals surface area contributed by atoms with Gasteiger partial charge in [0.05, 0.1) is 17.6 Å². The van der Waals surface area contributed by atoms with E-state index in [4.69, 9.17) is 16.6 Å². The highest BCUT2D eigenvalue weighted by Crippen LogP contribution is 2.23. The summed E-state index contributed by atoms with van der Waals surface area (Å²) < 4.78 is 2.15. The molecule has 0 aliphatic rings. The maximum absolute atomic E-state index is 13.2. The van der Waals surface area contributed by atoms with Crippen LogP contribution in [0.25, 0.3) is 11.0 Å². The van der Waals surface area contributed by atoms with Gasteiger partial charge in [-0.3, -0.25) is 4.79 Å². The van der Waals surface area contributed by atoms with E-state index in [9.17, 15) is 9.90 Å². The first-order valence-corrected chi connectivity index (χ1v) is 10.5. The Morgan fingerprint density at radius 2 is 2.03 bits per heavy atom. The molecular weight excluding hydrogens is 386 g/mol. The van der Waals surface area contributed by atoms with Crippen molar-refractivity contribution in [3.63, 3.8) is 0 Å². The summed E-state index contributed by atoms with van der Waals surface area (Å²) in [6.07, 6.45) is 1.85. The van der Waals surface area contributed by atoms with E-state index in [1.807, 2.05) is 23.1 Å². The first kappa shape index (κ1) is 21.2. The van der Waals surface area contributed by atoms with Crippen molar-refractivity contribution >= 4 is 28.5 Å². The lowest BCUT2D eigenvalue weighted by atomic mass is 10.1. The van der Waals surface area contributed by atoms with E-state index in [2.05, 4.69) is 25.3 Å². The maximum Gasteiger partial charge on any atom is 0.254 e. The summed E-state index contributed by atoms with van der Waals surface area (Å²) >= 11 is 6.21. The van der Waals surface area contributed by atoms with Gasteiger partial charge in [-0.25, -0.2) is 4.98 Å². The summed E-state index contributed by atoms with van der Waals surface area (Å²) in [5.41, 5.74) is 2.35. The molecule has 29 heavy (non-hydrogen) atoms. The largest absolute Gasteiger partial charge is 0.508 e. The third-order valence-corrected chi connectivity index (χ3v) is 5.16. The second kappa shape index (κ2) is 9.31. The van der Waals surface area contributed by atoms with Gasteiger partial charge in [-0.2, -0.15) is 0 Å². The van der Waals surface area contributed by atoms with Crippen LogP contribution in [0.4, 0.5) is 0 Å². The topological polar surface area (TPSA) is 58.4 Å². The zero-order valence-electron chi connectivity index (χ0n) is 17.2. The minimum Gasteiger partial charge on any atom is -0.508 e. The molecule has 1 aromatic heterocycles. The highest BCUT2D eigenvalue weighted by atomic mass is 35.5. The molecule has 0 aliphatic heterocycles. The van der Waals surface area contributed by atoms with Crippen molar-refractivity contribution in [1.29, 1.82) is 0 Å². The lowest BCUT2D eigenvalue weighted by molar-refractivity contribution is 0.0729. The van der Waals surface area contributed by atoms with Crippen LogP contribution < -0.4 is 0 Å². The molecule has 0 fully saturated rings. The quantitative estimate of drug-likeness (QED) is 0.530. The number of aromatic hydroxyl groups is 1. The predicted molar refractivity (Wildman–Crippen MR) is 117 cm³/mol. The van der Waals surface area contributed by atoms with Crippen molar-refractivity contribution < 1.29 is 9.90 Å². The number of aryl methyl sites for hydroxylation is 1. The van der Waals surface area contributed by atoms with Crippen LogP contribution in [0.15, 0.2) is 42.5 Å². The van der Waals surface area contributed by atoms with E-state index in [0.717, 1.165) is 36.2 Å². The number of carbonyl (C=O) groups is 1. The molecule has 1 amide bonds. The Morgan fingerprint density at radius 1 is 1.24 bits per heavy atom. The van der Waals surface area contributed by atoms with Crippen LogP contribution in [0, 0.1) is 5.92 Å². The number of hydrogen-bond donors (Lipinski definition) is 1. The molecule has 0 radical (unpaired) electrons. The van der Waals surface area contributed by atoms with E-state index in [1.54, 1.807) is 18.2 Å². The van der Waals surface area contributed by atoms with Gasteiger partial charge in [0.2, 0.25) is 0 Å². The predicted octanol–water partition coefficient (Wildman–Crippen LogP) is 5.49. The number of benzene rings is 2. The van der Waals surface area contributed by atoms with Crippen molar-refractivity contribution in [1.82, 2.24) is 14.5 Å². The summed E-state index contributed by atoms with van der Waals surface area (Å²) in [5.74, 6) is 1.31. The number of imidazole rings is 1. The highest BCUT2D eigenvalue weighted by Gasteiger charge is 2.20. The fraction of sp³-hybridized carbons (Fsp3) is 0.391. The van der Waals surface area contributed by atoms with Crippen LogP contribution in [0.3, 0.4) is 0 Å². The molecule has 5 nitrogen and oxygen atoms in total. The summed E-state index contributed by atoms with van der Waals surface area (Å²) in [6, 6.07) is 12.2. The van der Waals surface area contributed by atoms with E-state index >= 15 is 0 Å². The van der Waals surface area contributed by atoms with E-state index in [1.165, 1.54) is 6.07 Å². The van der Waals surface area contributed by atoms with Crippen LogP contribution >= 0.6 is 11.6 Å². The Labute approximate surface area is 176 Å². The first-order chi connectivity index (χ1) is 13.9. The Hall–Kier alpha value is -2.53. The molecule has 0 spiro atoms. The van der Waals surface area contributed by atoms with Crippen molar-refractivity contribution in [2.45, 2.75) is 46.7 Å². The molecule has 0 unspecified atom stereocenters. The van der Waals surface area contributed by atoms with Crippen LogP contribution in [0.1, 0.15) is 49.8 Å². The van der Waals surface area contributed by atoms with E-state index < -0.39 is 0 Å². The molecule has 6 heteroatoms. The van der Waals surface area contributed by atoms with E-state index in [0.29, 0.717) is 29.6 Å². The Kier molecular flexibility index (Phi) is 6.80. The van der Waals surface area contributed by atoms with Crippen molar-refractivity contribution in [2.75, 3.05) is 6.54 Å². The SMILES string of the molecule is CCCn1c(CN(CCC(C)C)C(=O)c2cccc(O)c2)nc2ccc(Cl)cc21. The smallest absolute Gasteiger partial charge is 0.254 e. The van der Waals surface area contributed by atoms with Crippen LogP contribution in [-0.2, 0) is 13.1 Å². The van der Waals surface area contributed by atoms with Gasteiger partial charge < -0.3 is 14.6 Å². The number of halogens is 1. The number of nitrogens with zero attached hydrogens (tertiary/aromatic N) is 3. The molecule has 0 bridgehead atoms. The lowest BCUT2D eigenvalue weighted by Gasteiger charge is -2.24. The van der Waals surface area contributed by atoms with Gasteiger partial charge in [-0.15, -0.1) is 0 Å². The van der Waals surface area contributed by atoms with Gasteiger partial charge in [-0.1, -0.05) is 38.4 Å². The highest BCUT2D eigenvalue weighted by molar-refractivity contribution is 6.31. The normalized spacial score (nSPS) is 11.3. The zero-order chi connectivity index (χ0) is 21.0. The van der Waals surface area contributed by atoms with Gasteiger partial charge >= 0.3 is 0 Å². The second-order valence-corrected chi connectivity index (χ2v) is 8.21. The van der Waals surface area contributed by atoms with Gasteiger partial charge in [0, 0.05) is 23.7 Å². The van der Waals surface area contributed by atoms with E-state index in [-0.39, 0.29) is 11.7 Å². The van der Waals surface area contributed by atoms with Crippen LogP contribution in [-0.4, -0.2) is 32.0 Å². The number of fused-ring (bicyclic) bond motifs is 1. The summed E-state index contributed by atoms with van der Waals surface area (Å²) in [4.78, 5) is 19.8. The number of rotatable bonds is 8. The number of amides is 1. The number of hydrogen-bond acceptors (Lipinski definition) is 3. The summed E-state index contributed by atoms with van der Waals surface area (Å²) in [7, 11) is 0. The molecular formula is C23H28ClN3O2. The second-order valence-electron chi connectivity index (χ2n) is 7.77. The Balaban J connectivity index is 1.96. The molecule has 3 rings (SSSR count). The average Bonchev–Trinajstić information content (AvgIpc) is 3.01. The molecule has 1 N–H and O–H groups in total. The van der Waals surface area contributed by atoms with Crippen molar-refractivity contribution in [3.05, 3.63) is 58.9 Å². The molecule has 0 saturated heterocycles. The maximum atomic E-state index is 13.2. The average molecular weight is 414 g/mol. The molecule has 154 valence electrons. The Bertz CT molecular complexity index is 997. The van der Waals surface area contributed by atoms with Gasteiger partial charge in [0.15, 0.2) is 0 Å². The fourth-order valence-corrected chi connectivity index (χ4v) is 3.56. The van der Waals surface area contributed by atoms with Gasteiger partial charge in [-0.05, 0) is 55.2 Å². The summed E-state index contributed by atoms with van der Waals surface area (Å²) in [5, 5.41) is 10.5. The molecule has 0 aliphatic carbocycles. The minimum atomic E-state index is -0.102. The number of carbonyl (C=O) groups excluding carboxylic acids is 1. The molecule has 3 aromatic rings. The lowest BCUT2D eigenvalue weighted by Crippen LogP contribution is -2.33. The molecule has 0 saturated carbocycles. The number of aromatic nitrogens is 2. The zero-order valence-corrected chi connectivity index (χ0v) is 18.0. The minimum absolute atomic E-state index is 0.0903. The first-order valence-electron chi connectivity index (χ1n) is 10.1. The summed E-state index contributed by atoms with van der Waals surface area (Å²) in [6.45, 7) is 8.26. The molecule has 1 heterocycles. The third kappa shape index (κ3) is 5.10. The van der Waals surface area contributed by atoms with Crippen molar-refractivity contribution in [2.24, 2.45) is 5.92 Å². The van der Waals surface area contributed by atoms with Crippen molar-refractivity contribution in [3.8, 4) is 5.75 Å². The van der Waals surface area contributed by atoms with Gasteiger partial charge in [0.25, 0.3) is 5.91 Å². The Morgan fingerprint density at radius 3 is 2.72 bits per heavy atom. The third-order valence-electron chi connectivity index (χ3n) is 4.93. The number of phenols is 1. The van der Waals surface area contributed by atoms with Crippen LogP contribution in [0.5, 0.6) is 5.75 Å².